The number of unbranched alkanes of at least 4 members (excludes halogenated alkanes) is 3. The zero-order valence-corrected chi connectivity index (χ0v) is 20.3. The first-order valence-corrected chi connectivity index (χ1v) is 12.2. The van der Waals surface area contributed by atoms with Crippen molar-refractivity contribution >= 4 is 31.4 Å². The number of carbonyl (C=O) groups is 4. The van der Waals surface area contributed by atoms with Gasteiger partial charge in [-0.25, -0.2) is 0 Å². The van der Waals surface area contributed by atoms with Crippen molar-refractivity contribution in [1.82, 2.24) is 4.90 Å². The highest BCUT2D eigenvalue weighted by atomic mass is 16.6. The number of esters is 1. The fourth-order valence-electron chi connectivity index (χ4n) is 4.49. The van der Waals surface area contributed by atoms with Gasteiger partial charge in [0.1, 0.15) is 19.7 Å². The van der Waals surface area contributed by atoms with Gasteiger partial charge in [0.15, 0.2) is 6.10 Å². The Morgan fingerprint density at radius 3 is 2.26 bits per heavy atom. The van der Waals surface area contributed by atoms with E-state index in [1.54, 1.807) is 24.3 Å². The minimum Gasteiger partial charge on any atom is -0.457 e. The third-order valence-electron chi connectivity index (χ3n) is 6.36. The molecule has 0 bridgehead atoms. The Morgan fingerprint density at radius 1 is 1.00 bits per heavy atom. The van der Waals surface area contributed by atoms with Crippen molar-refractivity contribution in [3.05, 3.63) is 35.4 Å². The van der Waals surface area contributed by atoms with E-state index in [-0.39, 0.29) is 48.7 Å². The molecule has 1 saturated heterocycles. The van der Waals surface area contributed by atoms with Crippen LogP contribution in [0.15, 0.2) is 24.3 Å². The molecule has 8 nitrogen and oxygen atoms in total. The average molecular weight is 471 g/mol. The average Bonchev–Trinajstić information content (AvgIpc) is 3.25. The first-order chi connectivity index (χ1) is 16.3. The van der Waals surface area contributed by atoms with Crippen molar-refractivity contribution in [2.75, 3.05) is 13.2 Å². The van der Waals surface area contributed by atoms with Gasteiger partial charge in [-0.2, -0.15) is 0 Å². The van der Waals surface area contributed by atoms with Gasteiger partial charge in [-0.3, -0.25) is 19.3 Å². The van der Waals surface area contributed by atoms with Crippen molar-refractivity contribution in [2.24, 2.45) is 0 Å². The van der Waals surface area contributed by atoms with E-state index in [4.69, 9.17) is 14.2 Å². The van der Waals surface area contributed by atoms with E-state index in [0.29, 0.717) is 30.7 Å². The Kier molecular flexibility index (Phi) is 9.41. The maximum Gasteiger partial charge on any atom is 0.306 e. The quantitative estimate of drug-likeness (QED) is 0.188. The number of ketones is 1. The monoisotopic (exact) mass is 471 g/mol. The van der Waals surface area contributed by atoms with E-state index >= 15 is 0 Å². The summed E-state index contributed by atoms with van der Waals surface area (Å²) in [5, 5.41) is 0. The largest absolute Gasteiger partial charge is 0.457 e. The Hall–Kier alpha value is -2.52. The Morgan fingerprint density at radius 2 is 1.65 bits per heavy atom. The summed E-state index contributed by atoms with van der Waals surface area (Å²) >= 11 is 0. The second-order valence-corrected chi connectivity index (χ2v) is 9.00. The van der Waals surface area contributed by atoms with Crippen LogP contribution in [0.3, 0.4) is 0 Å². The van der Waals surface area contributed by atoms with Gasteiger partial charge in [-0.15, -0.1) is 0 Å². The number of rotatable bonds is 13. The highest BCUT2D eigenvalue weighted by Crippen LogP contribution is 2.28. The summed E-state index contributed by atoms with van der Waals surface area (Å²) in [6.45, 7) is 4.35. The molecule has 1 fully saturated rings. The summed E-state index contributed by atoms with van der Waals surface area (Å²) in [7, 11) is 1.92. The fraction of sp³-hybridized carbons (Fsp3) is 0.600. The van der Waals surface area contributed by atoms with Gasteiger partial charge in [0, 0.05) is 19.6 Å². The molecule has 0 radical (unpaired) electrons. The van der Waals surface area contributed by atoms with Gasteiger partial charge in [0.25, 0.3) is 11.8 Å². The number of hydrogen-bond donors (Lipinski definition) is 0. The molecular formula is C25H34BNO7. The summed E-state index contributed by atoms with van der Waals surface area (Å²) < 4.78 is 17.6. The zero-order chi connectivity index (χ0) is 24.7. The Bertz CT molecular complexity index is 870. The van der Waals surface area contributed by atoms with Gasteiger partial charge in [-0.05, 0) is 38.3 Å². The lowest BCUT2D eigenvalue weighted by Crippen LogP contribution is -2.39. The number of hydrogen-bond acceptors (Lipinski definition) is 7. The number of Topliss-reactive ketones (excluding diaryl/α,β-unsaturated/α-hetero) is 1. The van der Waals surface area contributed by atoms with Crippen LogP contribution < -0.4 is 0 Å². The van der Waals surface area contributed by atoms with Crippen LogP contribution in [0.1, 0.15) is 79.5 Å². The van der Waals surface area contributed by atoms with Crippen LogP contribution >= 0.6 is 0 Å². The maximum atomic E-state index is 12.4. The van der Waals surface area contributed by atoms with Crippen LogP contribution in [-0.4, -0.2) is 73.8 Å². The highest BCUT2D eigenvalue weighted by molar-refractivity contribution is 6.21. The van der Waals surface area contributed by atoms with Crippen LogP contribution in [0.5, 0.6) is 0 Å². The van der Waals surface area contributed by atoms with Crippen molar-refractivity contribution in [3.8, 4) is 0 Å². The number of fused-ring (bicyclic) bond motifs is 1. The molecule has 0 saturated carbocycles. The number of imide groups is 1. The number of amides is 2. The molecule has 2 amide bonds. The number of carbonyl (C=O) groups excluding carboxylic acids is 4. The molecule has 9 heteroatoms. The number of benzene rings is 1. The molecule has 2 aliphatic rings. The highest BCUT2D eigenvalue weighted by Gasteiger charge is 2.44. The van der Waals surface area contributed by atoms with Crippen molar-refractivity contribution in [2.45, 2.75) is 83.1 Å². The van der Waals surface area contributed by atoms with Gasteiger partial charge < -0.3 is 19.0 Å². The summed E-state index contributed by atoms with van der Waals surface area (Å²) in [6, 6.07) is 6.73. The predicted molar refractivity (Wildman–Crippen MR) is 127 cm³/mol. The molecule has 2 heterocycles. The summed E-state index contributed by atoms with van der Waals surface area (Å²) in [6.07, 6.45) is 3.21. The lowest BCUT2D eigenvalue weighted by Gasteiger charge is -2.24. The number of ether oxygens (including phenoxy) is 3. The van der Waals surface area contributed by atoms with Crippen LogP contribution in [-0.2, 0) is 23.8 Å². The first kappa shape index (κ1) is 26.1. The van der Waals surface area contributed by atoms with Gasteiger partial charge in [0.2, 0.25) is 0 Å². The third kappa shape index (κ3) is 6.33. The SMILES string of the molecule is B[C@H]1O[C@@H](CC)[C@@H](OC(=O)CCC(C)=O)C1OCCCCCCN1C(=O)c2ccccc2C1=O. The van der Waals surface area contributed by atoms with Gasteiger partial charge >= 0.3 is 5.97 Å². The molecular weight excluding hydrogens is 437 g/mol. The van der Waals surface area contributed by atoms with E-state index < -0.39 is 12.1 Å². The normalized spacial score (nSPS) is 23.9. The lowest BCUT2D eigenvalue weighted by molar-refractivity contribution is -0.158. The third-order valence-corrected chi connectivity index (χ3v) is 6.36. The molecule has 1 aromatic rings. The Labute approximate surface area is 201 Å². The molecule has 34 heavy (non-hydrogen) atoms. The van der Waals surface area contributed by atoms with Crippen molar-refractivity contribution in [3.63, 3.8) is 0 Å². The van der Waals surface area contributed by atoms with Crippen LogP contribution in [0.4, 0.5) is 0 Å². The van der Waals surface area contributed by atoms with Gasteiger partial charge in [-0.1, -0.05) is 31.9 Å². The molecule has 3 rings (SSSR count). The molecule has 2 aliphatic heterocycles. The van der Waals surface area contributed by atoms with Crippen LogP contribution in [0.25, 0.3) is 0 Å². The van der Waals surface area contributed by atoms with Crippen LogP contribution in [0.2, 0.25) is 0 Å². The first-order valence-electron chi connectivity index (χ1n) is 12.2. The molecule has 0 spiro atoms. The standard InChI is InChI=1S/C25H34BNO7/c1-3-19-21(34-20(29)13-12-16(2)28)22(23(26)33-19)32-15-9-5-4-8-14-27-24(30)17-10-6-7-11-18(17)25(27)31/h6-7,10-11,19,21-23H,3-5,8-9,12-15,26H2,1-2H3/t19-,21+,22?,23-/m0/s1. The smallest absolute Gasteiger partial charge is 0.306 e. The summed E-state index contributed by atoms with van der Waals surface area (Å²) in [5.41, 5.74) is 0.964. The maximum absolute atomic E-state index is 12.4. The summed E-state index contributed by atoms with van der Waals surface area (Å²) in [5.74, 6) is -0.879. The van der Waals surface area contributed by atoms with E-state index in [0.717, 1.165) is 25.7 Å². The van der Waals surface area contributed by atoms with E-state index in [9.17, 15) is 19.2 Å². The molecule has 0 N–H and O–H groups in total. The van der Waals surface area contributed by atoms with Crippen molar-refractivity contribution < 1.29 is 33.4 Å². The summed E-state index contributed by atoms with van der Waals surface area (Å²) in [4.78, 5) is 49.4. The molecule has 0 aromatic heterocycles. The van der Waals surface area contributed by atoms with Crippen molar-refractivity contribution in [1.29, 1.82) is 0 Å². The van der Waals surface area contributed by atoms with E-state index in [1.165, 1.54) is 11.8 Å². The minimum absolute atomic E-state index is 0.0455. The second-order valence-electron chi connectivity index (χ2n) is 9.00. The van der Waals surface area contributed by atoms with E-state index in [1.807, 2.05) is 14.8 Å². The van der Waals surface area contributed by atoms with E-state index in [2.05, 4.69) is 0 Å². The second kappa shape index (κ2) is 12.3. The fourth-order valence-corrected chi connectivity index (χ4v) is 4.49. The predicted octanol–water partition coefficient (Wildman–Crippen LogP) is 2.28. The topological polar surface area (TPSA) is 99.2 Å². The Balaban J connectivity index is 1.37. The molecule has 1 unspecified atom stereocenters. The molecule has 4 atom stereocenters. The zero-order valence-electron chi connectivity index (χ0n) is 20.3. The lowest BCUT2D eigenvalue weighted by atomic mass is 9.92. The number of nitrogens with zero attached hydrogens (tertiary/aromatic N) is 1. The minimum atomic E-state index is -0.478. The van der Waals surface area contributed by atoms with Crippen LogP contribution in [0, 0.1) is 0 Å². The van der Waals surface area contributed by atoms with Gasteiger partial charge in [0.05, 0.1) is 29.7 Å². The molecule has 1 aromatic carbocycles. The molecule has 184 valence electrons. The molecule has 0 aliphatic carbocycles.